The molecule has 0 bridgehead atoms. The predicted octanol–water partition coefficient (Wildman–Crippen LogP) is 3.96. The number of pyridine rings is 1. The smallest absolute Gasteiger partial charge is 0.374 e. The Balaban J connectivity index is 1.69. The molecule has 1 aromatic heterocycles. The number of hydrogen-bond acceptors (Lipinski definition) is 3. The Kier molecular flexibility index (Phi) is 6.42. The van der Waals surface area contributed by atoms with E-state index in [0.717, 1.165) is 0 Å². The minimum Gasteiger partial charge on any atom is -0.374 e. The summed E-state index contributed by atoms with van der Waals surface area (Å²) < 4.78 is 58.9. The second kappa shape index (κ2) is 8.63. The van der Waals surface area contributed by atoms with E-state index in [1.165, 1.54) is 18.3 Å². The van der Waals surface area contributed by atoms with Crippen LogP contribution >= 0.6 is 0 Å². The first-order chi connectivity index (χ1) is 13.2. The molecule has 3 unspecified atom stereocenters. The van der Waals surface area contributed by atoms with Crippen LogP contribution in [0.15, 0.2) is 23.1 Å². The number of rotatable bonds is 4. The van der Waals surface area contributed by atoms with Crippen molar-refractivity contribution in [2.24, 2.45) is 11.8 Å². The van der Waals surface area contributed by atoms with E-state index in [-0.39, 0.29) is 30.9 Å². The number of amides is 1. The van der Waals surface area contributed by atoms with Gasteiger partial charge in [0.2, 0.25) is 11.5 Å². The number of aromatic amines is 1. The van der Waals surface area contributed by atoms with Crippen molar-refractivity contribution in [3.63, 3.8) is 0 Å². The van der Waals surface area contributed by atoms with Crippen molar-refractivity contribution >= 4 is 11.6 Å². The lowest BCUT2D eigenvalue weighted by Gasteiger charge is -2.38. The first-order valence-corrected chi connectivity index (χ1v) is 9.58. The highest BCUT2D eigenvalue weighted by Crippen LogP contribution is 2.42. The van der Waals surface area contributed by atoms with Gasteiger partial charge < -0.3 is 15.0 Å². The molecule has 2 saturated carbocycles. The van der Waals surface area contributed by atoms with Crippen molar-refractivity contribution in [2.75, 3.05) is 5.32 Å². The standard InChI is InChI=1S/C19H24F4N2O3/c20-12-2-5-14(6-3-12)28-16-9-11(19(21,22)23)1-7-15(16)18(27)25-13-4-8-17(26)24-10-13/h4,8,10-12,14-16H,1-3,5-7,9H2,(H,24,26)(H,25,27). The molecular formula is C19H24F4N2O3. The second-order valence-corrected chi connectivity index (χ2v) is 7.64. The Morgan fingerprint density at radius 1 is 1.11 bits per heavy atom. The monoisotopic (exact) mass is 404 g/mol. The van der Waals surface area contributed by atoms with E-state index < -0.39 is 36.2 Å². The number of halogens is 4. The molecule has 0 aliphatic heterocycles. The number of anilines is 1. The van der Waals surface area contributed by atoms with Crippen LogP contribution < -0.4 is 10.9 Å². The molecule has 2 aliphatic carbocycles. The molecule has 0 radical (unpaired) electrons. The van der Waals surface area contributed by atoms with Gasteiger partial charge in [-0.3, -0.25) is 9.59 Å². The second-order valence-electron chi connectivity index (χ2n) is 7.64. The molecule has 0 aromatic carbocycles. The molecule has 5 nitrogen and oxygen atoms in total. The van der Waals surface area contributed by atoms with E-state index in [1.807, 2.05) is 0 Å². The van der Waals surface area contributed by atoms with Gasteiger partial charge in [0.15, 0.2) is 0 Å². The summed E-state index contributed by atoms with van der Waals surface area (Å²) in [6, 6.07) is 2.68. The fourth-order valence-corrected chi connectivity index (χ4v) is 4.01. The summed E-state index contributed by atoms with van der Waals surface area (Å²) in [6.07, 6.45) is -3.90. The topological polar surface area (TPSA) is 71.2 Å². The van der Waals surface area contributed by atoms with Gasteiger partial charge >= 0.3 is 6.18 Å². The number of aromatic nitrogens is 1. The molecule has 156 valence electrons. The van der Waals surface area contributed by atoms with E-state index >= 15 is 0 Å². The van der Waals surface area contributed by atoms with Crippen LogP contribution in [0.5, 0.6) is 0 Å². The third-order valence-electron chi connectivity index (χ3n) is 5.61. The molecule has 28 heavy (non-hydrogen) atoms. The zero-order chi connectivity index (χ0) is 20.3. The van der Waals surface area contributed by atoms with Crippen LogP contribution in [0.25, 0.3) is 0 Å². The molecule has 2 aliphatic rings. The lowest BCUT2D eigenvalue weighted by atomic mass is 9.78. The van der Waals surface area contributed by atoms with Gasteiger partial charge in [-0.2, -0.15) is 13.2 Å². The SMILES string of the molecule is O=C(Nc1ccc(=O)[nH]c1)C1CCC(C(F)(F)F)CC1OC1CCC(F)CC1. The highest BCUT2D eigenvalue weighted by Gasteiger charge is 2.47. The molecule has 2 N–H and O–H groups in total. The molecule has 1 aromatic rings. The molecular weight excluding hydrogens is 380 g/mol. The Bertz CT molecular complexity index is 708. The molecule has 3 atom stereocenters. The van der Waals surface area contributed by atoms with Gasteiger partial charge in [-0.25, -0.2) is 4.39 Å². The number of ether oxygens (including phenoxy) is 1. The van der Waals surface area contributed by atoms with Crippen LogP contribution in [0.3, 0.4) is 0 Å². The van der Waals surface area contributed by atoms with Gasteiger partial charge in [-0.1, -0.05) is 0 Å². The molecule has 2 fully saturated rings. The normalized spacial score (nSPS) is 31.4. The highest BCUT2D eigenvalue weighted by atomic mass is 19.4. The largest absolute Gasteiger partial charge is 0.391 e. The number of H-pyrrole nitrogens is 1. The van der Waals surface area contributed by atoms with Crippen LogP contribution in [0.2, 0.25) is 0 Å². The minimum absolute atomic E-state index is 0.0580. The van der Waals surface area contributed by atoms with E-state index in [0.29, 0.717) is 31.4 Å². The maximum atomic E-state index is 13.3. The van der Waals surface area contributed by atoms with Crippen LogP contribution in [-0.4, -0.2) is 35.4 Å². The van der Waals surface area contributed by atoms with E-state index in [9.17, 15) is 27.2 Å². The van der Waals surface area contributed by atoms with Gasteiger partial charge in [0, 0.05) is 12.3 Å². The zero-order valence-electron chi connectivity index (χ0n) is 15.3. The highest BCUT2D eigenvalue weighted by molar-refractivity contribution is 5.92. The van der Waals surface area contributed by atoms with Crippen molar-refractivity contribution in [3.05, 3.63) is 28.7 Å². The van der Waals surface area contributed by atoms with Crippen LogP contribution in [-0.2, 0) is 9.53 Å². The van der Waals surface area contributed by atoms with E-state index in [1.54, 1.807) is 0 Å². The van der Waals surface area contributed by atoms with E-state index in [2.05, 4.69) is 10.3 Å². The minimum atomic E-state index is -4.33. The van der Waals surface area contributed by atoms with Gasteiger partial charge in [0.25, 0.3) is 0 Å². The predicted molar refractivity (Wildman–Crippen MR) is 94.6 cm³/mol. The maximum absolute atomic E-state index is 13.3. The molecule has 0 spiro atoms. The first-order valence-electron chi connectivity index (χ1n) is 9.58. The van der Waals surface area contributed by atoms with Crippen LogP contribution in [0.1, 0.15) is 44.9 Å². The third kappa shape index (κ3) is 5.33. The summed E-state index contributed by atoms with van der Waals surface area (Å²) in [6.45, 7) is 0. The van der Waals surface area contributed by atoms with Crippen molar-refractivity contribution in [3.8, 4) is 0 Å². The lowest BCUT2D eigenvalue weighted by Crippen LogP contribution is -2.44. The number of alkyl halides is 4. The van der Waals surface area contributed by atoms with Crippen molar-refractivity contribution < 1.29 is 27.1 Å². The lowest BCUT2D eigenvalue weighted by molar-refractivity contribution is -0.203. The van der Waals surface area contributed by atoms with Crippen LogP contribution in [0, 0.1) is 11.8 Å². The number of carbonyl (C=O) groups is 1. The quantitative estimate of drug-likeness (QED) is 0.747. The Labute approximate surface area is 159 Å². The molecule has 0 saturated heterocycles. The Morgan fingerprint density at radius 2 is 1.82 bits per heavy atom. The average molecular weight is 404 g/mol. The first kappa shape index (κ1) is 20.8. The van der Waals surface area contributed by atoms with Gasteiger partial charge in [0.05, 0.1) is 29.7 Å². The van der Waals surface area contributed by atoms with Crippen molar-refractivity contribution in [2.45, 2.75) is 69.5 Å². The average Bonchev–Trinajstić information content (AvgIpc) is 2.64. The van der Waals surface area contributed by atoms with Crippen molar-refractivity contribution in [1.82, 2.24) is 4.98 Å². The van der Waals surface area contributed by atoms with Gasteiger partial charge in [0.1, 0.15) is 6.17 Å². The molecule has 1 heterocycles. The molecule has 1 amide bonds. The Hall–Kier alpha value is -1.90. The summed E-state index contributed by atoms with van der Waals surface area (Å²) in [5.74, 6) is -2.67. The third-order valence-corrected chi connectivity index (χ3v) is 5.61. The summed E-state index contributed by atoms with van der Waals surface area (Å²) in [7, 11) is 0. The summed E-state index contributed by atoms with van der Waals surface area (Å²) >= 11 is 0. The van der Waals surface area contributed by atoms with Crippen molar-refractivity contribution in [1.29, 1.82) is 0 Å². The Morgan fingerprint density at radius 3 is 2.43 bits per heavy atom. The fourth-order valence-electron chi connectivity index (χ4n) is 4.01. The van der Waals surface area contributed by atoms with Gasteiger partial charge in [-0.15, -0.1) is 0 Å². The van der Waals surface area contributed by atoms with Crippen LogP contribution in [0.4, 0.5) is 23.2 Å². The molecule has 9 heteroatoms. The maximum Gasteiger partial charge on any atom is 0.391 e. The fraction of sp³-hybridized carbons (Fsp3) is 0.684. The van der Waals surface area contributed by atoms with E-state index in [4.69, 9.17) is 4.74 Å². The number of hydrogen-bond donors (Lipinski definition) is 2. The number of nitrogens with one attached hydrogen (secondary N) is 2. The zero-order valence-corrected chi connectivity index (χ0v) is 15.3. The summed E-state index contributed by atoms with van der Waals surface area (Å²) in [4.78, 5) is 26.2. The number of carbonyl (C=O) groups excluding carboxylic acids is 1. The summed E-state index contributed by atoms with van der Waals surface area (Å²) in [5, 5.41) is 2.64. The van der Waals surface area contributed by atoms with Gasteiger partial charge in [-0.05, 0) is 51.0 Å². The summed E-state index contributed by atoms with van der Waals surface area (Å²) in [5.41, 5.74) is 0.0348. The molecule has 3 rings (SSSR count).